The minimum atomic E-state index is -0.465. The number of nitrogens with one attached hydrogen (secondary N) is 2. The van der Waals surface area contributed by atoms with E-state index < -0.39 is 6.10 Å². The average Bonchev–Trinajstić information content (AvgIpc) is 3.36. The van der Waals surface area contributed by atoms with Gasteiger partial charge in [0.05, 0.1) is 11.8 Å². The number of aliphatic hydroxyl groups excluding tert-OH is 1. The molecule has 0 aromatic carbocycles. The molecule has 0 radical (unpaired) electrons. The molecule has 1 heterocycles. The number of amides is 1. The molecular formula is C22H33N3O2S. The number of aliphatic hydroxyl groups is 1. The molecule has 1 aromatic rings. The molecule has 0 aliphatic heterocycles. The van der Waals surface area contributed by atoms with Crippen LogP contribution in [0.2, 0.25) is 0 Å². The fourth-order valence-corrected chi connectivity index (χ4v) is 6.81. The Labute approximate surface area is 172 Å². The van der Waals surface area contributed by atoms with Crippen LogP contribution in [0.1, 0.15) is 62.9 Å². The van der Waals surface area contributed by atoms with Crippen molar-refractivity contribution in [1.82, 2.24) is 10.3 Å². The fraction of sp³-hybridized carbons (Fsp3) is 0.727. The Kier molecular flexibility index (Phi) is 5.29. The number of hydrogen-bond donors (Lipinski definition) is 3. The van der Waals surface area contributed by atoms with Gasteiger partial charge in [0.1, 0.15) is 0 Å². The second kappa shape index (κ2) is 7.45. The molecule has 0 spiro atoms. The molecule has 0 saturated heterocycles. The highest BCUT2D eigenvalue weighted by atomic mass is 32.1. The van der Waals surface area contributed by atoms with Crippen molar-refractivity contribution in [3.8, 4) is 0 Å². The van der Waals surface area contributed by atoms with Gasteiger partial charge in [-0.25, -0.2) is 4.98 Å². The Bertz CT molecular complexity index is 759. The molecule has 0 unspecified atom stereocenters. The van der Waals surface area contributed by atoms with Gasteiger partial charge in [0, 0.05) is 29.3 Å². The molecule has 1 aromatic heterocycles. The molecule has 6 atom stereocenters. The zero-order valence-corrected chi connectivity index (χ0v) is 18.0. The summed E-state index contributed by atoms with van der Waals surface area (Å²) in [4.78, 5) is 18.8. The summed E-state index contributed by atoms with van der Waals surface area (Å²) in [7, 11) is 0. The van der Waals surface area contributed by atoms with E-state index in [-0.39, 0.29) is 35.0 Å². The summed E-state index contributed by atoms with van der Waals surface area (Å²) in [5.74, 6) is 0.334. The standard InChI is InChI=1S/C22H33N3O2S/c1-5-10-23-21-25-18-13(3)17-19(26)15(12(2)20(27)24-14-6-7-14)8-9-22(17,4)11-16(18)28-21/h5,12-15,17,19,26H,1,6-11H2,2-4H3,(H,23,25)(H,24,27)/t12-,13+,15-,17+,19-,22+/m0/s1. The minimum Gasteiger partial charge on any atom is -0.392 e. The molecule has 154 valence electrons. The number of hydrogen-bond acceptors (Lipinski definition) is 5. The second-order valence-electron chi connectivity index (χ2n) is 9.41. The van der Waals surface area contributed by atoms with Gasteiger partial charge < -0.3 is 15.7 Å². The SMILES string of the molecule is C=CCNc1nc2c(s1)C[C@@]1(C)CC[C@@H]([C@H](C)C(=O)NC3CC3)[C@H](O)[C@H]1[C@H]2C. The maximum Gasteiger partial charge on any atom is 0.223 e. The van der Waals surface area contributed by atoms with Crippen LogP contribution in [-0.2, 0) is 11.2 Å². The highest BCUT2D eigenvalue weighted by Gasteiger charge is 2.54. The first-order chi connectivity index (χ1) is 13.3. The first kappa shape index (κ1) is 19.9. The van der Waals surface area contributed by atoms with E-state index in [1.54, 1.807) is 11.3 Å². The van der Waals surface area contributed by atoms with Crippen LogP contribution in [0, 0.1) is 23.2 Å². The number of carbonyl (C=O) groups excluding carboxylic acids is 1. The number of rotatable bonds is 6. The lowest BCUT2D eigenvalue weighted by Crippen LogP contribution is -2.53. The summed E-state index contributed by atoms with van der Waals surface area (Å²) in [6.07, 6.45) is 6.50. The molecule has 5 nitrogen and oxygen atoms in total. The molecule has 2 fully saturated rings. The average molecular weight is 404 g/mol. The van der Waals surface area contributed by atoms with E-state index in [2.05, 4.69) is 31.1 Å². The Morgan fingerprint density at radius 1 is 1.46 bits per heavy atom. The highest BCUT2D eigenvalue weighted by molar-refractivity contribution is 7.15. The molecule has 3 aliphatic carbocycles. The Balaban J connectivity index is 1.55. The van der Waals surface area contributed by atoms with Gasteiger partial charge in [-0.15, -0.1) is 17.9 Å². The molecule has 2 saturated carbocycles. The summed E-state index contributed by atoms with van der Waals surface area (Å²) in [5.41, 5.74) is 1.20. The predicted molar refractivity (Wildman–Crippen MR) is 114 cm³/mol. The van der Waals surface area contributed by atoms with Crippen LogP contribution in [-0.4, -0.2) is 34.7 Å². The zero-order valence-electron chi connectivity index (χ0n) is 17.2. The Morgan fingerprint density at radius 3 is 2.89 bits per heavy atom. The minimum absolute atomic E-state index is 0.0258. The van der Waals surface area contributed by atoms with Crippen molar-refractivity contribution in [1.29, 1.82) is 0 Å². The van der Waals surface area contributed by atoms with Crippen LogP contribution in [0.15, 0.2) is 12.7 Å². The lowest BCUT2D eigenvalue weighted by molar-refractivity contribution is -0.134. The smallest absolute Gasteiger partial charge is 0.223 e. The van der Waals surface area contributed by atoms with Gasteiger partial charge in [-0.05, 0) is 49.4 Å². The summed E-state index contributed by atoms with van der Waals surface area (Å²) < 4.78 is 0. The van der Waals surface area contributed by atoms with Gasteiger partial charge in [0.15, 0.2) is 5.13 Å². The quantitative estimate of drug-likeness (QED) is 0.633. The van der Waals surface area contributed by atoms with E-state index in [4.69, 9.17) is 4.98 Å². The molecule has 3 N–H and O–H groups in total. The lowest BCUT2D eigenvalue weighted by Gasteiger charge is -2.53. The van der Waals surface area contributed by atoms with Crippen LogP contribution in [0.4, 0.5) is 5.13 Å². The van der Waals surface area contributed by atoms with Crippen molar-refractivity contribution in [2.75, 3.05) is 11.9 Å². The van der Waals surface area contributed by atoms with Crippen LogP contribution in [0.3, 0.4) is 0 Å². The topological polar surface area (TPSA) is 74.2 Å². The van der Waals surface area contributed by atoms with Gasteiger partial charge in [0.25, 0.3) is 0 Å². The van der Waals surface area contributed by atoms with Crippen molar-refractivity contribution in [3.05, 3.63) is 23.2 Å². The van der Waals surface area contributed by atoms with E-state index in [0.717, 1.165) is 42.9 Å². The van der Waals surface area contributed by atoms with E-state index in [0.29, 0.717) is 12.6 Å². The van der Waals surface area contributed by atoms with Gasteiger partial charge in [-0.2, -0.15) is 0 Å². The third-order valence-corrected chi connectivity index (χ3v) is 8.33. The third kappa shape index (κ3) is 3.50. The number of carbonyl (C=O) groups is 1. The summed E-state index contributed by atoms with van der Waals surface area (Å²) in [6, 6.07) is 0.369. The normalized spacial score (nSPS) is 35.4. The molecule has 0 bridgehead atoms. The van der Waals surface area contributed by atoms with E-state index in [1.807, 2.05) is 13.0 Å². The molecular weight excluding hydrogens is 370 g/mol. The largest absolute Gasteiger partial charge is 0.392 e. The summed E-state index contributed by atoms with van der Waals surface area (Å²) in [6.45, 7) is 11.0. The van der Waals surface area contributed by atoms with Gasteiger partial charge in [0.2, 0.25) is 5.91 Å². The number of aromatic nitrogens is 1. The number of fused-ring (bicyclic) bond motifs is 2. The zero-order chi connectivity index (χ0) is 20.1. The van der Waals surface area contributed by atoms with E-state index in [1.165, 1.54) is 4.88 Å². The van der Waals surface area contributed by atoms with Gasteiger partial charge in [-0.3, -0.25) is 4.79 Å². The van der Waals surface area contributed by atoms with Crippen LogP contribution in [0.5, 0.6) is 0 Å². The summed E-state index contributed by atoms with van der Waals surface area (Å²) >= 11 is 1.74. The van der Waals surface area contributed by atoms with Crippen molar-refractivity contribution in [2.45, 2.75) is 70.9 Å². The predicted octanol–water partition coefficient (Wildman–Crippen LogP) is 3.71. The Morgan fingerprint density at radius 2 is 2.21 bits per heavy atom. The van der Waals surface area contributed by atoms with Crippen molar-refractivity contribution in [3.63, 3.8) is 0 Å². The second-order valence-corrected chi connectivity index (χ2v) is 10.5. The molecule has 3 aliphatic rings. The highest BCUT2D eigenvalue weighted by Crippen LogP contribution is 2.57. The van der Waals surface area contributed by atoms with Crippen LogP contribution in [0.25, 0.3) is 0 Å². The fourth-order valence-electron chi connectivity index (χ4n) is 5.54. The number of thiazole rings is 1. The van der Waals surface area contributed by atoms with Gasteiger partial charge >= 0.3 is 0 Å². The molecule has 6 heteroatoms. The molecule has 28 heavy (non-hydrogen) atoms. The van der Waals surface area contributed by atoms with E-state index >= 15 is 0 Å². The number of nitrogens with zero attached hydrogens (tertiary/aromatic N) is 1. The first-order valence-corrected chi connectivity index (χ1v) is 11.5. The maximum absolute atomic E-state index is 12.6. The van der Waals surface area contributed by atoms with Crippen LogP contribution >= 0.6 is 11.3 Å². The van der Waals surface area contributed by atoms with E-state index in [9.17, 15) is 9.90 Å². The summed E-state index contributed by atoms with van der Waals surface area (Å²) in [5, 5.41) is 18.8. The first-order valence-electron chi connectivity index (χ1n) is 10.7. The van der Waals surface area contributed by atoms with Gasteiger partial charge in [-0.1, -0.05) is 26.8 Å². The number of anilines is 1. The lowest BCUT2D eigenvalue weighted by atomic mass is 9.53. The molecule has 1 amide bonds. The molecule has 4 rings (SSSR count). The maximum atomic E-state index is 12.6. The Hall–Kier alpha value is -1.40. The monoisotopic (exact) mass is 403 g/mol. The third-order valence-electron chi connectivity index (χ3n) is 7.30. The van der Waals surface area contributed by atoms with Crippen LogP contribution < -0.4 is 10.6 Å². The van der Waals surface area contributed by atoms with Crippen molar-refractivity contribution >= 4 is 22.4 Å². The van der Waals surface area contributed by atoms with Crippen molar-refractivity contribution < 1.29 is 9.90 Å². The van der Waals surface area contributed by atoms with Crippen molar-refractivity contribution in [2.24, 2.45) is 23.2 Å².